The Bertz CT molecular complexity index is 273. The normalized spacial score (nSPS) is 27.2. The van der Waals surface area contributed by atoms with Crippen LogP contribution in [0.2, 0.25) is 0 Å². The molecule has 0 radical (unpaired) electrons. The number of benzene rings is 1. The van der Waals surface area contributed by atoms with Crippen molar-refractivity contribution in [2.45, 2.75) is 37.8 Å². The quantitative estimate of drug-likeness (QED) is 0.778. The number of rotatable bonds is 2. The Balaban J connectivity index is 1.91. The van der Waals surface area contributed by atoms with Gasteiger partial charge in [-0.15, -0.1) is 0 Å². The lowest BCUT2D eigenvalue weighted by Crippen LogP contribution is -2.33. The van der Waals surface area contributed by atoms with Crippen LogP contribution in [-0.4, -0.2) is 12.1 Å². The van der Waals surface area contributed by atoms with Gasteiger partial charge in [0, 0.05) is 6.04 Å². The van der Waals surface area contributed by atoms with Gasteiger partial charge in [0.2, 0.25) is 0 Å². The van der Waals surface area contributed by atoms with Gasteiger partial charge in [-0.1, -0.05) is 18.2 Å². The molecule has 0 heterocycles. The summed E-state index contributed by atoms with van der Waals surface area (Å²) in [4.78, 5) is 0. The van der Waals surface area contributed by atoms with E-state index in [0.29, 0.717) is 12.1 Å². The van der Waals surface area contributed by atoms with Gasteiger partial charge < -0.3 is 10.5 Å². The highest BCUT2D eigenvalue weighted by atomic mass is 16.5. The predicted octanol–water partition coefficient (Wildman–Crippen LogP) is 2.34. The van der Waals surface area contributed by atoms with Gasteiger partial charge in [0.25, 0.3) is 0 Å². The monoisotopic (exact) mass is 191 g/mol. The fourth-order valence-corrected chi connectivity index (χ4v) is 1.98. The van der Waals surface area contributed by atoms with E-state index in [9.17, 15) is 0 Å². The first kappa shape index (κ1) is 9.53. The highest BCUT2D eigenvalue weighted by molar-refractivity contribution is 5.21. The van der Waals surface area contributed by atoms with Gasteiger partial charge in [-0.25, -0.2) is 0 Å². The van der Waals surface area contributed by atoms with E-state index >= 15 is 0 Å². The van der Waals surface area contributed by atoms with Crippen molar-refractivity contribution < 1.29 is 4.74 Å². The van der Waals surface area contributed by atoms with E-state index in [-0.39, 0.29) is 0 Å². The van der Waals surface area contributed by atoms with Crippen molar-refractivity contribution in [3.8, 4) is 5.75 Å². The van der Waals surface area contributed by atoms with E-state index in [1.54, 1.807) is 0 Å². The molecule has 1 aliphatic carbocycles. The minimum Gasteiger partial charge on any atom is -0.490 e. The van der Waals surface area contributed by atoms with Crippen LogP contribution in [0, 0.1) is 0 Å². The van der Waals surface area contributed by atoms with Crippen LogP contribution in [0.25, 0.3) is 0 Å². The molecule has 1 aromatic rings. The molecule has 0 amide bonds. The fraction of sp³-hybridized carbons (Fsp3) is 0.500. The Morgan fingerprint density at radius 3 is 2.64 bits per heavy atom. The lowest BCUT2D eigenvalue weighted by Gasteiger charge is -2.27. The van der Waals surface area contributed by atoms with Crippen LogP contribution in [0.3, 0.4) is 0 Å². The molecule has 2 atom stereocenters. The minimum atomic E-state index is 0.321. The number of para-hydroxylation sites is 1. The molecule has 1 fully saturated rings. The zero-order valence-corrected chi connectivity index (χ0v) is 8.36. The molecule has 2 N–H and O–H groups in total. The van der Waals surface area contributed by atoms with Crippen LogP contribution >= 0.6 is 0 Å². The van der Waals surface area contributed by atoms with E-state index in [1.807, 2.05) is 30.3 Å². The van der Waals surface area contributed by atoms with Gasteiger partial charge in [-0.3, -0.25) is 0 Å². The summed E-state index contributed by atoms with van der Waals surface area (Å²) in [6, 6.07) is 10.3. The van der Waals surface area contributed by atoms with Crippen LogP contribution in [0.5, 0.6) is 5.75 Å². The molecule has 0 saturated heterocycles. The van der Waals surface area contributed by atoms with Crippen molar-refractivity contribution in [1.82, 2.24) is 0 Å². The molecule has 0 unspecified atom stereocenters. The van der Waals surface area contributed by atoms with Gasteiger partial charge in [0.05, 0.1) is 0 Å². The summed E-state index contributed by atoms with van der Waals surface area (Å²) in [5.74, 6) is 0.964. The van der Waals surface area contributed by atoms with Crippen LogP contribution < -0.4 is 10.5 Å². The Morgan fingerprint density at radius 2 is 1.93 bits per heavy atom. The second-order valence-corrected chi connectivity index (χ2v) is 3.98. The first-order valence-electron chi connectivity index (χ1n) is 5.32. The van der Waals surface area contributed by atoms with Gasteiger partial charge in [-0.2, -0.15) is 0 Å². The third-order valence-electron chi connectivity index (χ3n) is 2.71. The molecule has 2 heteroatoms. The molecular formula is C12H17NO. The molecule has 2 rings (SSSR count). The molecule has 1 aliphatic rings. The summed E-state index contributed by atoms with van der Waals surface area (Å²) in [6.45, 7) is 0. The maximum atomic E-state index is 5.90. The zero-order valence-electron chi connectivity index (χ0n) is 8.36. The van der Waals surface area contributed by atoms with E-state index in [4.69, 9.17) is 10.5 Å². The largest absolute Gasteiger partial charge is 0.490 e. The van der Waals surface area contributed by atoms with Gasteiger partial charge in [-0.05, 0) is 37.8 Å². The van der Waals surface area contributed by atoms with Gasteiger partial charge in [0.1, 0.15) is 11.9 Å². The molecule has 2 nitrogen and oxygen atoms in total. The fourth-order valence-electron chi connectivity index (χ4n) is 1.98. The molecule has 1 saturated carbocycles. The maximum Gasteiger partial charge on any atom is 0.119 e. The summed E-state index contributed by atoms with van der Waals surface area (Å²) in [5.41, 5.74) is 5.90. The maximum absolute atomic E-state index is 5.90. The minimum absolute atomic E-state index is 0.321. The smallest absolute Gasteiger partial charge is 0.119 e. The summed E-state index contributed by atoms with van der Waals surface area (Å²) in [7, 11) is 0. The Kier molecular flexibility index (Phi) is 3.04. The SMILES string of the molecule is N[C@H]1CCC[C@@H](Oc2ccccc2)C1. The summed E-state index contributed by atoms with van der Waals surface area (Å²) < 4.78 is 5.85. The Morgan fingerprint density at radius 1 is 1.14 bits per heavy atom. The van der Waals surface area contributed by atoms with Crippen molar-refractivity contribution in [1.29, 1.82) is 0 Å². The van der Waals surface area contributed by atoms with Crippen molar-refractivity contribution in [2.24, 2.45) is 5.73 Å². The highest BCUT2D eigenvalue weighted by Crippen LogP contribution is 2.22. The van der Waals surface area contributed by atoms with Crippen LogP contribution in [-0.2, 0) is 0 Å². The number of hydrogen-bond acceptors (Lipinski definition) is 2. The topological polar surface area (TPSA) is 35.2 Å². The first-order chi connectivity index (χ1) is 6.84. The average Bonchev–Trinajstić information content (AvgIpc) is 2.19. The Hall–Kier alpha value is -1.02. The van der Waals surface area contributed by atoms with Crippen LogP contribution in [0.15, 0.2) is 30.3 Å². The Labute approximate surface area is 85.1 Å². The second kappa shape index (κ2) is 4.47. The van der Waals surface area contributed by atoms with Crippen LogP contribution in [0.1, 0.15) is 25.7 Å². The second-order valence-electron chi connectivity index (χ2n) is 3.98. The molecule has 0 bridgehead atoms. The van der Waals surface area contributed by atoms with Gasteiger partial charge in [0.15, 0.2) is 0 Å². The molecule has 0 aromatic heterocycles. The zero-order chi connectivity index (χ0) is 9.80. The first-order valence-corrected chi connectivity index (χ1v) is 5.32. The van der Waals surface area contributed by atoms with Crippen molar-refractivity contribution in [3.63, 3.8) is 0 Å². The van der Waals surface area contributed by atoms with E-state index < -0.39 is 0 Å². The van der Waals surface area contributed by atoms with Crippen molar-refractivity contribution in [3.05, 3.63) is 30.3 Å². The summed E-state index contributed by atoms with van der Waals surface area (Å²) in [5, 5.41) is 0. The number of ether oxygens (including phenoxy) is 1. The molecule has 0 aliphatic heterocycles. The average molecular weight is 191 g/mol. The molecule has 76 valence electrons. The molecule has 0 spiro atoms. The number of hydrogen-bond donors (Lipinski definition) is 1. The van der Waals surface area contributed by atoms with Crippen LogP contribution in [0.4, 0.5) is 0 Å². The van der Waals surface area contributed by atoms with Gasteiger partial charge >= 0.3 is 0 Å². The standard InChI is InChI=1S/C12H17NO/c13-10-5-4-8-12(9-10)14-11-6-2-1-3-7-11/h1-3,6-7,10,12H,4-5,8-9,13H2/t10-,12+/m0/s1. The number of nitrogens with two attached hydrogens (primary N) is 1. The molecular weight excluding hydrogens is 174 g/mol. The van der Waals surface area contributed by atoms with Crippen molar-refractivity contribution >= 4 is 0 Å². The lowest BCUT2D eigenvalue weighted by atomic mass is 9.93. The molecule has 14 heavy (non-hydrogen) atoms. The van der Waals surface area contributed by atoms with E-state index in [0.717, 1.165) is 25.0 Å². The molecule has 1 aromatic carbocycles. The van der Waals surface area contributed by atoms with E-state index in [1.165, 1.54) is 6.42 Å². The summed E-state index contributed by atoms with van der Waals surface area (Å²) in [6.07, 6.45) is 4.80. The third-order valence-corrected chi connectivity index (χ3v) is 2.71. The van der Waals surface area contributed by atoms with Crippen molar-refractivity contribution in [2.75, 3.05) is 0 Å². The summed E-state index contributed by atoms with van der Waals surface area (Å²) >= 11 is 0. The highest BCUT2D eigenvalue weighted by Gasteiger charge is 2.20. The van der Waals surface area contributed by atoms with E-state index in [2.05, 4.69) is 0 Å². The predicted molar refractivity (Wildman–Crippen MR) is 57.3 cm³/mol. The third kappa shape index (κ3) is 2.48. The lowest BCUT2D eigenvalue weighted by molar-refractivity contribution is 0.144.